The van der Waals surface area contributed by atoms with E-state index in [9.17, 15) is 22.8 Å². The van der Waals surface area contributed by atoms with Crippen molar-refractivity contribution in [3.05, 3.63) is 58.3 Å². The number of rotatable bonds is 9. The number of hydrogen-bond acceptors (Lipinski definition) is 10. The molecule has 2 aliphatic rings. The molecular formula is C32H37ClF3N7O5. The van der Waals surface area contributed by atoms with Gasteiger partial charge >= 0.3 is 12.1 Å². The molecule has 48 heavy (non-hydrogen) atoms. The van der Waals surface area contributed by atoms with Gasteiger partial charge in [0.2, 0.25) is 0 Å². The second kappa shape index (κ2) is 14.4. The smallest absolute Gasteiger partial charge is 0.410 e. The van der Waals surface area contributed by atoms with Crippen LogP contribution in [-0.2, 0) is 17.8 Å². The number of carbonyl (C=O) groups is 2. The largest absolute Gasteiger partial charge is 0.490 e. The summed E-state index contributed by atoms with van der Waals surface area (Å²) in [7, 11) is 0. The second-order valence-corrected chi connectivity index (χ2v) is 13.1. The highest BCUT2D eigenvalue weighted by molar-refractivity contribution is 6.31. The van der Waals surface area contributed by atoms with Crippen molar-refractivity contribution in [2.75, 3.05) is 24.5 Å². The third-order valence-corrected chi connectivity index (χ3v) is 7.92. The third kappa shape index (κ3) is 8.35. The molecule has 258 valence electrons. The summed E-state index contributed by atoms with van der Waals surface area (Å²) in [5.74, 6) is -0.755. The minimum atomic E-state index is -2.78. The van der Waals surface area contributed by atoms with E-state index >= 15 is 0 Å². The van der Waals surface area contributed by atoms with Gasteiger partial charge in [-0.1, -0.05) is 16.7 Å². The standard InChI is InChI=1S/C32H37ClF3N7O5/c1-18(2)43(17-26(35)36)29(44)21-14-19(34)6-7-24(21)47-30-38-28(27(33)39-40-30)41-12-9-20(10-13-41)46-25-8-11-37-23-16-42(15-22(23)25)31(45)48-32(3,4)5/h6-8,11,14,18,20,26H,9-10,12-13,15-17H2,1-5H3. The fraction of sp³-hybridized carbons (Fsp3) is 0.500. The van der Waals surface area contributed by atoms with Gasteiger partial charge in [-0.25, -0.2) is 18.0 Å². The molecule has 0 N–H and O–H groups in total. The van der Waals surface area contributed by atoms with Gasteiger partial charge in [0.15, 0.2) is 11.0 Å². The lowest BCUT2D eigenvalue weighted by atomic mass is 10.1. The maximum absolute atomic E-state index is 14.2. The van der Waals surface area contributed by atoms with Crippen LogP contribution in [0.3, 0.4) is 0 Å². The van der Waals surface area contributed by atoms with Crippen molar-refractivity contribution < 1.29 is 37.0 Å². The zero-order valence-electron chi connectivity index (χ0n) is 27.3. The summed E-state index contributed by atoms with van der Waals surface area (Å²) in [6.07, 6.45) is -0.461. The van der Waals surface area contributed by atoms with Crippen molar-refractivity contribution in [1.29, 1.82) is 0 Å². The first-order valence-electron chi connectivity index (χ1n) is 15.5. The Hall–Kier alpha value is -4.40. The molecular weight excluding hydrogens is 655 g/mol. The summed E-state index contributed by atoms with van der Waals surface area (Å²) in [6.45, 7) is 9.45. The maximum atomic E-state index is 14.2. The quantitative estimate of drug-likeness (QED) is 0.254. The molecule has 0 spiro atoms. The van der Waals surface area contributed by atoms with Crippen molar-refractivity contribution in [1.82, 2.24) is 30.0 Å². The Morgan fingerprint density at radius 2 is 1.81 bits per heavy atom. The highest BCUT2D eigenvalue weighted by Gasteiger charge is 2.32. The molecule has 1 fully saturated rings. The fourth-order valence-electron chi connectivity index (χ4n) is 5.40. The van der Waals surface area contributed by atoms with Gasteiger partial charge in [-0.3, -0.25) is 14.7 Å². The molecule has 2 amide bonds. The van der Waals surface area contributed by atoms with Crippen LogP contribution in [0.1, 0.15) is 69.1 Å². The third-order valence-electron chi connectivity index (χ3n) is 7.68. The van der Waals surface area contributed by atoms with Crippen LogP contribution in [0.25, 0.3) is 0 Å². The molecule has 3 aromatic rings. The van der Waals surface area contributed by atoms with Gasteiger partial charge < -0.3 is 24.0 Å². The average molecular weight is 692 g/mol. The summed E-state index contributed by atoms with van der Waals surface area (Å²) in [5, 5.41) is 7.85. The molecule has 12 nitrogen and oxygen atoms in total. The molecule has 1 saturated heterocycles. The van der Waals surface area contributed by atoms with E-state index in [-0.39, 0.29) is 34.4 Å². The van der Waals surface area contributed by atoms with E-state index in [2.05, 4.69) is 20.2 Å². The number of pyridine rings is 1. The average Bonchev–Trinajstić information content (AvgIpc) is 3.47. The zero-order chi connectivity index (χ0) is 34.7. The number of hydrogen-bond donors (Lipinski definition) is 0. The molecule has 16 heteroatoms. The molecule has 1 aromatic carbocycles. The monoisotopic (exact) mass is 691 g/mol. The van der Waals surface area contributed by atoms with Crippen LogP contribution >= 0.6 is 11.6 Å². The number of halogens is 4. The zero-order valence-corrected chi connectivity index (χ0v) is 28.0. The number of carbonyl (C=O) groups excluding carboxylic acids is 2. The summed E-state index contributed by atoms with van der Waals surface area (Å²) in [5.41, 5.74) is 0.733. The summed E-state index contributed by atoms with van der Waals surface area (Å²) >= 11 is 6.37. The van der Waals surface area contributed by atoms with Crippen molar-refractivity contribution in [2.45, 2.75) is 84.7 Å². The molecule has 0 saturated carbocycles. The molecule has 0 radical (unpaired) electrons. The Morgan fingerprint density at radius 1 is 1.08 bits per heavy atom. The maximum Gasteiger partial charge on any atom is 0.410 e. The lowest BCUT2D eigenvalue weighted by Crippen LogP contribution is -2.40. The van der Waals surface area contributed by atoms with E-state index in [0.717, 1.165) is 28.3 Å². The molecule has 0 unspecified atom stereocenters. The van der Waals surface area contributed by atoms with Gasteiger partial charge in [-0.2, -0.15) is 4.98 Å². The van der Waals surface area contributed by atoms with Crippen LogP contribution < -0.4 is 14.4 Å². The number of alkyl halides is 2. The van der Waals surface area contributed by atoms with Crippen LogP contribution in [0.2, 0.25) is 5.15 Å². The molecule has 0 bridgehead atoms. The molecule has 4 heterocycles. The molecule has 2 aliphatic heterocycles. The number of anilines is 1. The van der Waals surface area contributed by atoms with Gasteiger partial charge in [-0.05, 0) is 58.9 Å². The van der Waals surface area contributed by atoms with E-state index in [4.69, 9.17) is 25.8 Å². The molecule has 5 rings (SSSR count). The van der Waals surface area contributed by atoms with Crippen molar-refractivity contribution >= 4 is 29.4 Å². The topological polar surface area (TPSA) is 123 Å². The number of nitrogens with zero attached hydrogens (tertiary/aromatic N) is 7. The van der Waals surface area contributed by atoms with Crippen LogP contribution in [-0.4, -0.2) is 85.8 Å². The normalized spacial score (nSPS) is 15.1. The number of ether oxygens (including phenoxy) is 3. The Labute approximate surface area is 281 Å². The lowest BCUT2D eigenvalue weighted by Gasteiger charge is -2.33. The van der Waals surface area contributed by atoms with Gasteiger partial charge in [0.1, 0.15) is 29.0 Å². The lowest BCUT2D eigenvalue weighted by molar-refractivity contribution is 0.0239. The predicted octanol–water partition coefficient (Wildman–Crippen LogP) is 6.27. The fourth-order valence-corrected chi connectivity index (χ4v) is 5.60. The first-order chi connectivity index (χ1) is 22.7. The second-order valence-electron chi connectivity index (χ2n) is 12.8. The van der Waals surface area contributed by atoms with E-state index in [1.54, 1.807) is 31.0 Å². The predicted molar refractivity (Wildman–Crippen MR) is 169 cm³/mol. The van der Waals surface area contributed by atoms with Crippen LogP contribution in [0, 0.1) is 5.82 Å². The first-order valence-corrected chi connectivity index (χ1v) is 15.9. The molecule has 0 atom stereocenters. The van der Waals surface area contributed by atoms with Gasteiger partial charge in [0, 0.05) is 43.7 Å². The SMILES string of the molecule is CC(C)N(CC(F)F)C(=O)c1cc(F)ccc1Oc1nnc(Cl)c(N2CCC(Oc3ccnc4c3CN(C(=O)OC(C)(C)C)C4)CC2)n1. The molecule has 2 aromatic heterocycles. The number of aromatic nitrogens is 4. The molecule has 0 aliphatic carbocycles. The van der Waals surface area contributed by atoms with E-state index in [0.29, 0.717) is 44.8 Å². The van der Waals surface area contributed by atoms with Gasteiger partial charge in [-0.15, -0.1) is 5.10 Å². The van der Waals surface area contributed by atoms with Crippen molar-refractivity contribution in [2.24, 2.45) is 0 Å². The number of amides is 2. The highest BCUT2D eigenvalue weighted by Crippen LogP contribution is 2.34. The minimum absolute atomic E-state index is 0.0224. The van der Waals surface area contributed by atoms with Gasteiger partial charge in [0.05, 0.1) is 30.9 Å². The van der Waals surface area contributed by atoms with Gasteiger partial charge in [0.25, 0.3) is 12.3 Å². The van der Waals surface area contributed by atoms with E-state index in [1.165, 1.54) is 6.07 Å². The van der Waals surface area contributed by atoms with Crippen LogP contribution in [0.5, 0.6) is 17.5 Å². The number of fused-ring (bicyclic) bond motifs is 1. The Morgan fingerprint density at radius 3 is 2.48 bits per heavy atom. The van der Waals surface area contributed by atoms with Crippen LogP contribution in [0.4, 0.5) is 23.8 Å². The Bertz CT molecular complexity index is 1650. The summed E-state index contributed by atoms with van der Waals surface area (Å²) in [6, 6.07) is 4.14. The highest BCUT2D eigenvalue weighted by atomic mass is 35.5. The summed E-state index contributed by atoms with van der Waals surface area (Å²) < 4.78 is 58.3. The van der Waals surface area contributed by atoms with E-state index in [1.807, 2.05) is 25.7 Å². The number of benzene rings is 1. The minimum Gasteiger partial charge on any atom is -0.490 e. The Kier molecular flexibility index (Phi) is 10.5. The Balaban J connectivity index is 1.25. The van der Waals surface area contributed by atoms with Crippen molar-refractivity contribution in [3.63, 3.8) is 0 Å². The van der Waals surface area contributed by atoms with E-state index < -0.39 is 42.4 Å². The van der Waals surface area contributed by atoms with Crippen molar-refractivity contribution in [3.8, 4) is 17.5 Å². The number of piperidine rings is 1. The summed E-state index contributed by atoms with van der Waals surface area (Å²) in [4.78, 5) is 39.1. The first kappa shape index (κ1) is 34.9. The van der Waals surface area contributed by atoms with Crippen LogP contribution in [0.15, 0.2) is 30.5 Å².